The smallest absolute Gasteiger partial charge is 0.253 e. The van der Waals surface area contributed by atoms with Gasteiger partial charge < -0.3 is 14.4 Å². The van der Waals surface area contributed by atoms with Gasteiger partial charge in [-0.3, -0.25) is 4.79 Å². The monoisotopic (exact) mass is 329 g/mol. The molecule has 106 valence electrons. The van der Waals surface area contributed by atoms with E-state index in [0.717, 1.165) is 4.47 Å². The summed E-state index contributed by atoms with van der Waals surface area (Å²) >= 11 is 3.38. The van der Waals surface area contributed by atoms with E-state index in [1.54, 1.807) is 37.3 Å². The van der Waals surface area contributed by atoms with E-state index >= 15 is 0 Å². The van der Waals surface area contributed by atoms with Crippen molar-refractivity contribution in [2.45, 2.75) is 20.0 Å². The maximum absolute atomic E-state index is 12.2. The third-order valence-corrected chi connectivity index (χ3v) is 3.24. The fourth-order valence-electron chi connectivity index (χ4n) is 1.55. The molecule has 0 aliphatic heterocycles. The molecule has 0 atom stereocenters. The molecule has 1 rings (SSSR count). The first-order valence-corrected chi connectivity index (χ1v) is 6.95. The van der Waals surface area contributed by atoms with Gasteiger partial charge in [0, 0.05) is 19.2 Å². The zero-order valence-corrected chi connectivity index (χ0v) is 13.4. The summed E-state index contributed by atoms with van der Waals surface area (Å²) in [7, 11) is 3.36. The predicted octanol–water partition coefficient (Wildman–Crippen LogP) is 2.95. The maximum Gasteiger partial charge on any atom is 0.253 e. The van der Waals surface area contributed by atoms with E-state index in [9.17, 15) is 4.79 Å². The molecule has 0 unspecified atom stereocenters. The lowest BCUT2D eigenvalue weighted by molar-refractivity contribution is 0.0532. The molecule has 0 radical (unpaired) electrons. The van der Waals surface area contributed by atoms with E-state index < -0.39 is 0 Å². The average Bonchev–Trinajstić information content (AvgIpc) is 2.37. The van der Waals surface area contributed by atoms with Gasteiger partial charge in [0.1, 0.15) is 5.75 Å². The summed E-state index contributed by atoms with van der Waals surface area (Å²) in [6.07, 6.45) is 0.179. The Kier molecular flexibility index (Phi) is 6.31. The molecule has 0 heterocycles. The summed E-state index contributed by atoms with van der Waals surface area (Å²) in [5.74, 6) is 0.679. The maximum atomic E-state index is 12.2. The molecule has 0 aliphatic carbocycles. The Morgan fingerprint density at radius 1 is 1.42 bits per heavy atom. The minimum absolute atomic E-state index is 0.0318. The van der Waals surface area contributed by atoms with E-state index in [0.29, 0.717) is 24.5 Å². The molecule has 0 N–H and O–H groups in total. The van der Waals surface area contributed by atoms with Crippen molar-refractivity contribution in [3.63, 3.8) is 0 Å². The largest absolute Gasteiger partial charge is 0.496 e. The quantitative estimate of drug-likeness (QED) is 0.805. The number of ether oxygens (including phenoxy) is 2. The Labute approximate surface area is 122 Å². The molecule has 19 heavy (non-hydrogen) atoms. The molecule has 4 nitrogen and oxygen atoms in total. The van der Waals surface area contributed by atoms with Gasteiger partial charge in [0.2, 0.25) is 0 Å². The summed E-state index contributed by atoms with van der Waals surface area (Å²) in [5.41, 5.74) is 0.625. The Balaban J connectivity index is 2.64. The van der Waals surface area contributed by atoms with Crippen molar-refractivity contribution < 1.29 is 14.3 Å². The molecule has 0 spiro atoms. The van der Waals surface area contributed by atoms with Crippen molar-refractivity contribution in [3.05, 3.63) is 28.2 Å². The first kappa shape index (κ1) is 16.0. The molecule has 0 saturated carbocycles. The molecule has 0 fully saturated rings. The number of halogens is 1. The lowest BCUT2D eigenvalue weighted by Crippen LogP contribution is -2.30. The van der Waals surface area contributed by atoms with Crippen LogP contribution in [0.1, 0.15) is 24.2 Å². The van der Waals surface area contributed by atoms with Crippen LogP contribution in [-0.4, -0.2) is 44.2 Å². The summed E-state index contributed by atoms with van der Waals surface area (Å²) < 4.78 is 11.3. The second kappa shape index (κ2) is 7.50. The second-order valence-electron chi connectivity index (χ2n) is 4.50. The van der Waals surface area contributed by atoms with E-state index in [1.807, 2.05) is 13.8 Å². The van der Waals surface area contributed by atoms with Crippen LogP contribution in [0.4, 0.5) is 0 Å². The van der Waals surface area contributed by atoms with Gasteiger partial charge in [-0.1, -0.05) is 0 Å². The van der Waals surface area contributed by atoms with Gasteiger partial charge >= 0.3 is 0 Å². The topological polar surface area (TPSA) is 38.8 Å². The Morgan fingerprint density at radius 2 is 2.11 bits per heavy atom. The van der Waals surface area contributed by atoms with Crippen molar-refractivity contribution >= 4 is 21.8 Å². The molecule has 0 bridgehead atoms. The number of carbonyl (C=O) groups excluding carboxylic acids is 1. The SMILES string of the molecule is COc1ccc(C(=O)N(C)CCOC(C)C)cc1Br. The van der Waals surface area contributed by atoms with Crippen LogP contribution in [0.25, 0.3) is 0 Å². The minimum atomic E-state index is -0.0318. The highest BCUT2D eigenvalue weighted by Gasteiger charge is 2.13. The average molecular weight is 330 g/mol. The Morgan fingerprint density at radius 3 is 2.63 bits per heavy atom. The third-order valence-electron chi connectivity index (χ3n) is 2.62. The number of hydrogen-bond acceptors (Lipinski definition) is 3. The second-order valence-corrected chi connectivity index (χ2v) is 5.35. The van der Waals surface area contributed by atoms with Crippen LogP contribution in [0.5, 0.6) is 5.75 Å². The fourth-order valence-corrected chi connectivity index (χ4v) is 2.09. The normalized spacial score (nSPS) is 10.6. The molecule has 0 aromatic heterocycles. The van der Waals surface area contributed by atoms with Gasteiger partial charge in [0.05, 0.1) is 24.3 Å². The molecule has 1 aromatic carbocycles. The van der Waals surface area contributed by atoms with Crippen LogP contribution >= 0.6 is 15.9 Å². The number of amides is 1. The van der Waals surface area contributed by atoms with Crippen LogP contribution in [0.2, 0.25) is 0 Å². The number of benzene rings is 1. The first-order valence-electron chi connectivity index (χ1n) is 6.16. The number of hydrogen-bond donors (Lipinski definition) is 0. The van der Waals surface area contributed by atoms with Gasteiger partial charge in [0.25, 0.3) is 5.91 Å². The highest BCUT2D eigenvalue weighted by Crippen LogP contribution is 2.25. The van der Waals surface area contributed by atoms with Crippen molar-refractivity contribution in [2.24, 2.45) is 0 Å². The number of carbonyl (C=O) groups is 1. The molecular weight excluding hydrogens is 310 g/mol. The lowest BCUT2D eigenvalue weighted by atomic mass is 10.2. The molecular formula is C14H20BrNO3. The standard InChI is InChI=1S/C14H20BrNO3/c1-10(2)19-8-7-16(3)14(17)11-5-6-13(18-4)12(15)9-11/h5-6,9-10H,7-8H2,1-4H3. The van der Waals surface area contributed by atoms with E-state index in [1.165, 1.54) is 0 Å². The van der Waals surface area contributed by atoms with Crippen LogP contribution < -0.4 is 4.74 Å². The Bertz CT molecular complexity index is 435. The molecule has 1 aromatic rings. The van der Waals surface area contributed by atoms with E-state index in [2.05, 4.69) is 15.9 Å². The molecule has 0 aliphatic rings. The summed E-state index contributed by atoms with van der Waals surface area (Å²) in [6, 6.07) is 5.29. The summed E-state index contributed by atoms with van der Waals surface area (Å²) in [6.45, 7) is 5.06. The summed E-state index contributed by atoms with van der Waals surface area (Å²) in [4.78, 5) is 13.8. The minimum Gasteiger partial charge on any atom is -0.496 e. The Hall–Kier alpha value is -1.07. The number of nitrogens with zero attached hydrogens (tertiary/aromatic N) is 1. The van der Waals surface area contributed by atoms with Crippen molar-refractivity contribution in [1.29, 1.82) is 0 Å². The highest BCUT2D eigenvalue weighted by atomic mass is 79.9. The number of methoxy groups -OCH3 is 1. The van der Waals surface area contributed by atoms with Crippen LogP contribution in [0.15, 0.2) is 22.7 Å². The van der Waals surface area contributed by atoms with Gasteiger partial charge in [0.15, 0.2) is 0 Å². The zero-order valence-electron chi connectivity index (χ0n) is 11.8. The highest BCUT2D eigenvalue weighted by molar-refractivity contribution is 9.10. The molecule has 0 saturated heterocycles. The van der Waals surface area contributed by atoms with Crippen LogP contribution in [0.3, 0.4) is 0 Å². The molecule has 5 heteroatoms. The zero-order chi connectivity index (χ0) is 14.4. The van der Waals surface area contributed by atoms with Crippen molar-refractivity contribution in [1.82, 2.24) is 4.90 Å². The van der Waals surface area contributed by atoms with Gasteiger partial charge in [-0.25, -0.2) is 0 Å². The number of rotatable bonds is 6. The van der Waals surface area contributed by atoms with E-state index in [-0.39, 0.29) is 12.0 Å². The van der Waals surface area contributed by atoms with Crippen molar-refractivity contribution in [2.75, 3.05) is 27.3 Å². The van der Waals surface area contributed by atoms with Crippen molar-refractivity contribution in [3.8, 4) is 5.75 Å². The summed E-state index contributed by atoms with van der Waals surface area (Å²) in [5, 5.41) is 0. The number of likely N-dealkylation sites (N-methyl/N-ethyl adjacent to an activating group) is 1. The van der Waals surface area contributed by atoms with Gasteiger partial charge in [-0.2, -0.15) is 0 Å². The molecule has 1 amide bonds. The van der Waals surface area contributed by atoms with Crippen LogP contribution in [0, 0.1) is 0 Å². The van der Waals surface area contributed by atoms with Gasteiger partial charge in [-0.05, 0) is 48.0 Å². The predicted molar refractivity (Wildman–Crippen MR) is 78.7 cm³/mol. The van der Waals surface area contributed by atoms with Crippen LogP contribution in [-0.2, 0) is 4.74 Å². The lowest BCUT2D eigenvalue weighted by Gasteiger charge is -2.18. The van der Waals surface area contributed by atoms with E-state index in [4.69, 9.17) is 9.47 Å². The van der Waals surface area contributed by atoms with Gasteiger partial charge in [-0.15, -0.1) is 0 Å². The third kappa shape index (κ3) is 4.84. The first-order chi connectivity index (χ1) is 8.95. The fraction of sp³-hybridized carbons (Fsp3) is 0.500.